The highest BCUT2D eigenvalue weighted by Gasteiger charge is 2.12. The van der Waals surface area contributed by atoms with Crippen molar-refractivity contribution in [3.8, 4) is 0 Å². The molecule has 0 aliphatic rings. The first-order chi connectivity index (χ1) is 10.1. The van der Waals surface area contributed by atoms with Crippen molar-refractivity contribution in [1.29, 1.82) is 0 Å². The maximum atomic E-state index is 12.0. The number of carbonyl (C=O) groups is 1. The van der Waals surface area contributed by atoms with Crippen molar-refractivity contribution < 1.29 is 4.79 Å². The van der Waals surface area contributed by atoms with Gasteiger partial charge in [0.05, 0.1) is 5.25 Å². The Morgan fingerprint density at radius 2 is 1.76 bits per heavy atom. The normalized spacial score (nSPS) is 11.9. The summed E-state index contributed by atoms with van der Waals surface area (Å²) in [6, 6.07) is 17.6. The van der Waals surface area contributed by atoms with E-state index in [0.717, 1.165) is 16.3 Å². The van der Waals surface area contributed by atoms with Gasteiger partial charge in [0, 0.05) is 17.3 Å². The molecular weight excluding hydrogens is 302 g/mol. The van der Waals surface area contributed by atoms with Crippen LogP contribution in [-0.4, -0.2) is 11.2 Å². The molecule has 4 heteroatoms. The van der Waals surface area contributed by atoms with E-state index in [1.165, 1.54) is 5.56 Å². The molecule has 1 amide bonds. The summed E-state index contributed by atoms with van der Waals surface area (Å²) in [6.07, 6.45) is 0. The number of hydrogen-bond donors (Lipinski definition) is 1. The quantitative estimate of drug-likeness (QED) is 0.861. The first kappa shape index (κ1) is 15.9. The number of halogens is 1. The van der Waals surface area contributed by atoms with Crippen LogP contribution >= 0.6 is 23.4 Å². The van der Waals surface area contributed by atoms with Crippen LogP contribution < -0.4 is 5.32 Å². The van der Waals surface area contributed by atoms with Crippen LogP contribution in [0.1, 0.15) is 18.1 Å². The van der Waals surface area contributed by atoms with Crippen molar-refractivity contribution in [2.24, 2.45) is 0 Å². The highest BCUT2D eigenvalue weighted by molar-refractivity contribution is 7.99. The predicted octanol–water partition coefficient (Wildman–Crippen LogP) is 4.28. The van der Waals surface area contributed by atoms with E-state index >= 15 is 0 Å². The van der Waals surface area contributed by atoms with E-state index in [0.29, 0.717) is 6.54 Å². The monoisotopic (exact) mass is 319 g/mol. The second kappa shape index (κ2) is 8.11. The van der Waals surface area contributed by atoms with Gasteiger partial charge in [-0.05, 0) is 30.2 Å². The van der Waals surface area contributed by atoms with Crippen molar-refractivity contribution in [1.82, 2.24) is 5.32 Å². The zero-order valence-electron chi connectivity index (χ0n) is 11.9. The summed E-state index contributed by atoms with van der Waals surface area (Å²) in [5.74, 6) is 0.870. The second-order valence-corrected chi connectivity index (χ2v) is 6.55. The summed E-state index contributed by atoms with van der Waals surface area (Å²) in [5.41, 5.74) is 2.29. The van der Waals surface area contributed by atoms with Crippen LogP contribution in [0.4, 0.5) is 0 Å². The molecule has 0 aliphatic carbocycles. The molecule has 1 N–H and O–H groups in total. The molecule has 0 saturated heterocycles. The molecular formula is C17H18ClNOS. The number of carbonyl (C=O) groups excluding carboxylic acids is 1. The van der Waals surface area contributed by atoms with E-state index in [1.807, 2.05) is 61.5 Å². The van der Waals surface area contributed by atoms with E-state index in [1.54, 1.807) is 11.8 Å². The molecule has 0 spiro atoms. The van der Waals surface area contributed by atoms with Crippen molar-refractivity contribution in [3.63, 3.8) is 0 Å². The van der Waals surface area contributed by atoms with Crippen LogP contribution in [0.15, 0.2) is 54.6 Å². The second-order valence-electron chi connectivity index (χ2n) is 4.78. The first-order valence-electron chi connectivity index (χ1n) is 6.83. The average Bonchev–Trinajstić information content (AvgIpc) is 2.52. The molecule has 1 atom stereocenters. The lowest BCUT2D eigenvalue weighted by atomic mass is 10.2. The van der Waals surface area contributed by atoms with E-state index in [9.17, 15) is 4.79 Å². The Bertz CT molecular complexity index is 571. The fourth-order valence-electron chi connectivity index (χ4n) is 1.81. The first-order valence-corrected chi connectivity index (χ1v) is 8.25. The lowest BCUT2D eigenvalue weighted by molar-refractivity contribution is -0.120. The average molecular weight is 320 g/mol. The van der Waals surface area contributed by atoms with Gasteiger partial charge in [-0.2, -0.15) is 0 Å². The molecule has 0 aromatic heterocycles. The molecule has 0 saturated carbocycles. The number of nitrogens with one attached hydrogen (secondary N) is 1. The molecule has 0 bridgehead atoms. The van der Waals surface area contributed by atoms with Crippen molar-refractivity contribution in [2.75, 3.05) is 0 Å². The SMILES string of the molecule is C[C@@H](SCc1ccc(Cl)cc1)C(=O)NCc1ccccc1. The smallest absolute Gasteiger partial charge is 0.233 e. The summed E-state index contributed by atoms with van der Waals surface area (Å²) >= 11 is 7.48. The summed E-state index contributed by atoms with van der Waals surface area (Å²) in [5, 5.41) is 3.62. The zero-order valence-corrected chi connectivity index (χ0v) is 13.5. The van der Waals surface area contributed by atoms with Gasteiger partial charge in [0.1, 0.15) is 0 Å². The molecule has 0 heterocycles. The van der Waals surface area contributed by atoms with Crippen LogP contribution in [0.25, 0.3) is 0 Å². The Morgan fingerprint density at radius 3 is 2.43 bits per heavy atom. The number of hydrogen-bond acceptors (Lipinski definition) is 2. The number of rotatable bonds is 6. The standard InChI is InChI=1S/C17H18ClNOS/c1-13(21-12-15-7-9-16(18)10-8-15)17(20)19-11-14-5-3-2-4-6-14/h2-10,13H,11-12H2,1H3,(H,19,20)/t13-/m1/s1. The third-order valence-corrected chi connectivity index (χ3v) is 4.56. The molecule has 21 heavy (non-hydrogen) atoms. The predicted molar refractivity (Wildman–Crippen MR) is 90.5 cm³/mol. The fraction of sp³-hybridized carbons (Fsp3) is 0.235. The van der Waals surface area contributed by atoms with Gasteiger partial charge >= 0.3 is 0 Å². The molecule has 2 aromatic carbocycles. The van der Waals surface area contributed by atoms with Gasteiger partial charge in [0.2, 0.25) is 5.91 Å². The van der Waals surface area contributed by atoms with Gasteiger partial charge in [-0.3, -0.25) is 4.79 Å². The molecule has 2 nitrogen and oxygen atoms in total. The van der Waals surface area contributed by atoms with Crippen LogP contribution in [0.3, 0.4) is 0 Å². The largest absolute Gasteiger partial charge is 0.351 e. The van der Waals surface area contributed by atoms with Crippen molar-refractivity contribution >= 4 is 29.3 Å². The Kier molecular flexibility index (Phi) is 6.15. The van der Waals surface area contributed by atoms with Gasteiger partial charge in [0.15, 0.2) is 0 Å². The third-order valence-electron chi connectivity index (χ3n) is 3.09. The maximum absolute atomic E-state index is 12.0. The topological polar surface area (TPSA) is 29.1 Å². The van der Waals surface area contributed by atoms with E-state index < -0.39 is 0 Å². The van der Waals surface area contributed by atoms with Gasteiger partial charge in [-0.15, -0.1) is 11.8 Å². The molecule has 0 unspecified atom stereocenters. The highest BCUT2D eigenvalue weighted by Crippen LogP contribution is 2.19. The van der Waals surface area contributed by atoms with Crippen LogP contribution in [-0.2, 0) is 17.1 Å². The number of amides is 1. The molecule has 0 aliphatic heterocycles. The van der Waals surface area contributed by atoms with E-state index in [-0.39, 0.29) is 11.2 Å². The summed E-state index contributed by atoms with van der Waals surface area (Å²) in [7, 11) is 0. The van der Waals surface area contributed by atoms with Crippen molar-refractivity contribution in [2.45, 2.75) is 24.5 Å². The van der Waals surface area contributed by atoms with Crippen LogP contribution in [0.5, 0.6) is 0 Å². The Balaban J connectivity index is 1.76. The summed E-state index contributed by atoms with van der Waals surface area (Å²) in [4.78, 5) is 12.0. The highest BCUT2D eigenvalue weighted by atomic mass is 35.5. The minimum atomic E-state index is -0.0793. The van der Waals surface area contributed by atoms with Crippen LogP contribution in [0, 0.1) is 0 Å². The molecule has 110 valence electrons. The van der Waals surface area contributed by atoms with E-state index in [2.05, 4.69) is 5.32 Å². The summed E-state index contributed by atoms with van der Waals surface area (Å²) < 4.78 is 0. The van der Waals surface area contributed by atoms with Gasteiger partial charge < -0.3 is 5.32 Å². The lowest BCUT2D eigenvalue weighted by Crippen LogP contribution is -2.30. The number of thioether (sulfide) groups is 1. The van der Waals surface area contributed by atoms with Gasteiger partial charge in [-0.1, -0.05) is 54.1 Å². The minimum Gasteiger partial charge on any atom is -0.351 e. The molecule has 2 aromatic rings. The zero-order chi connectivity index (χ0) is 15.1. The Hall–Kier alpha value is -1.45. The fourth-order valence-corrected chi connectivity index (χ4v) is 2.80. The van der Waals surface area contributed by atoms with E-state index in [4.69, 9.17) is 11.6 Å². The molecule has 0 radical (unpaired) electrons. The minimum absolute atomic E-state index is 0.0674. The van der Waals surface area contributed by atoms with Gasteiger partial charge in [0.25, 0.3) is 0 Å². The van der Waals surface area contributed by atoms with Gasteiger partial charge in [-0.25, -0.2) is 0 Å². The maximum Gasteiger partial charge on any atom is 0.233 e. The molecule has 0 fully saturated rings. The van der Waals surface area contributed by atoms with Crippen molar-refractivity contribution in [3.05, 3.63) is 70.7 Å². The van der Waals surface area contributed by atoms with Crippen LogP contribution in [0.2, 0.25) is 5.02 Å². The Morgan fingerprint density at radius 1 is 1.10 bits per heavy atom. The molecule has 2 rings (SSSR count). The Labute approximate surface area is 134 Å². The number of benzene rings is 2. The lowest BCUT2D eigenvalue weighted by Gasteiger charge is -2.12. The third kappa shape index (κ3) is 5.44. The summed E-state index contributed by atoms with van der Waals surface area (Å²) in [6.45, 7) is 2.51.